The molecule has 0 unspecified atom stereocenters. The molecule has 1 rings (SSSR count). The molecule has 0 saturated carbocycles. The highest BCUT2D eigenvalue weighted by molar-refractivity contribution is 7.89. The Labute approximate surface area is 94.6 Å². The summed E-state index contributed by atoms with van der Waals surface area (Å²) in [6, 6.07) is 0. The number of hydrogen-bond acceptors (Lipinski definition) is 5. The fourth-order valence-corrected chi connectivity index (χ4v) is 2.67. The molecule has 1 heterocycles. The number of nitrogens with zero attached hydrogens (tertiary/aromatic N) is 2. The predicted molar refractivity (Wildman–Crippen MR) is 59.4 cm³/mol. The van der Waals surface area contributed by atoms with Crippen LogP contribution in [0.2, 0.25) is 0 Å². The maximum Gasteiger partial charge on any atom is 0.246 e. The second kappa shape index (κ2) is 4.81. The van der Waals surface area contributed by atoms with E-state index >= 15 is 0 Å². The van der Waals surface area contributed by atoms with Gasteiger partial charge in [0.2, 0.25) is 10.0 Å². The summed E-state index contributed by atoms with van der Waals surface area (Å²) < 4.78 is 32.2. The number of nitrogens with two attached hydrogens (primary N) is 1. The van der Waals surface area contributed by atoms with E-state index in [1.807, 2.05) is 0 Å². The summed E-state index contributed by atoms with van der Waals surface area (Å²) in [4.78, 5) is 0.0334. The first-order valence-corrected chi connectivity index (χ1v) is 6.16. The number of rotatable bonds is 5. The molecule has 0 aliphatic carbocycles. The van der Waals surface area contributed by atoms with Crippen molar-refractivity contribution in [2.45, 2.75) is 11.8 Å². The highest BCUT2D eigenvalue weighted by Crippen LogP contribution is 2.20. The van der Waals surface area contributed by atoms with Crippen molar-refractivity contribution < 1.29 is 13.2 Å². The van der Waals surface area contributed by atoms with E-state index in [0.717, 1.165) is 0 Å². The lowest BCUT2D eigenvalue weighted by Crippen LogP contribution is -2.28. The van der Waals surface area contributed by atoms with Gasteiger partial charge in [-0.05, 0) is 6.92 Å². The van der Waals surface area contributed by atoms with Gasteiger partial charge >= 0.3 is 0 Å². The van der Waals surface area contributed by atoms with Crippen molar-refractivity contribution in [3.63, 3.8) is 0 Å². The van der Waals surface area contributed by atoms with E-state index < -0.39 is 10.0 Å². The number of methoxy groups -OCH3 is 1. The van der Waals surface area contributed by atoms with Crippen molar-refractivity contribution in [2.75, 3.05) is 26.0 Å². The number of ether oxygens (including phenoxy) is 1. The molecule has 1 aromatic rings. The highest BCUT2D eigenvalue weighted by atomic mass is 32.2. The van der Waals surface area contributed by atoms with Gasteiger partial charge in [0, 0.05) is 20.7 Å². The minimum absolute atomic E-state index is 0.0334. The standard InChI is InChI=1S/C8H16N4O3S/c1-6-7(8(9)12(2)11-6)16(13,14)10-4-5-15-3/h10H,4-5,9H2,1-3H3. The molecule has 16 heavy (non-hydrogen) atoms. The molecule has 3 N–H and O–H groups in total. The van der Waals surface area contributed by atoms with Gasteiger partial charge in [-0.1, -0.05) is 0 Å². The average molecular weight is 248 g/mol. The van der Waals surface area contributed by atoms with Gasteiger partial charge in [-0.15, -0.1) is 0 Å². The van der Waals surface area contributed by atoms with E-state index in [2.05, 4.69) is 9.82 Å². The molecule has 0 aliphatic rings. The Morgan fingerprint density at radius 2 is 2.19 bits per heavy atom. The minimum Gasteiger partial charge on any atom is -0.383 e. The van der Waals surface area contributed by atoms with E-state index in [9.17, 15) is 8.42 Å². The lowest BCUT2D eigenvalue weighted by Gasteiger charge is -2.06. The van der Waals surface area contributed by atoms with E-state index in [-0.39, 0.29) is 17.3 Å². The molecule has 92 valence electrons. The van der Waals surface area contributed by atoms with E-state index in [0.29, 0.717) is 12.3 Å². The molecule has 0 spiro atoms. The van der Waals surface area contributed by atoms with Crippen LogP contribution >= 0.6 is 0 Å². The first-order chi connectivity index (χ1) is 7.40. The van der Waals surface area contributed by atoms with Crippen LogP contribution < -0.4 is 10.5 Å². The Balaban J connectivity index is 2.98. The van der Waals surface area contributed by atoms with E-state index in [4.69, 9.17) is 10.5 Å². The summed E-state index contributed by atoms with van der Waals surface area (Å²) in [6.45, 7) is 2.10. The minimum atomic E-state index is -3.61. The molecule has 0 saturated heterocycles. The average Bonchev–Trinajstić information content (AvgIpc) is 2.41. The quantitative estimate of drug-likeness (QED) is 0.667. The molecule has 0 bridgehead atoms. The lowest BCUT2D eigenvalue weighted by molar-refractivity contribution is 0.204. The van der Waals surface area contributed by atoms with Crippen LogP contribution in [0, 0.1) is 6.92 Å². The summed E-state index contributed by atoms with van der Waals surface area (Å²) in [5.41, 5.74) is 6.02. The van der Waals surface area contributed by atoms with E-state index in [1.165, 1.54) is 11.8 Å². The predicted octanol–water partition coefficient (Wildman–Crippen LogP) is -0.765. The zero-order chi connectivity index (χ0) is 12.3. The Bertz CT molecular complexity index is 466. The van der Waals surface area contributed by atoms with Gasteiger partial charge in [0.25, 0.3) is 0 Å². The lowest BCUT2D eigenvalue weighted by atomic mass is 10.5. The van der Waals surface area contributed by atoms with Crippen LogP contribution in [0.5, 0.6) is 0 Å². The summed E-state index contributed by atoms with van der Waals surface area (Å²) in [5, 5.41) is 3.95. The van der Waals surface area contributed by atoms with Crippen LogP contribution in [0.1, 0.15) is 5.69 Å². The summed E-state index contributed by atoms with van der Waals surface area (Å²) in [7, 11) is -0.520. The molecule has 0 atom stereocenters. The maximum absolute atomic E-state index is 11.9. The second-order valence-corrected chi connectivity index (χ2v) is 5.02. The van der Waals surface area contributed by atoms with Crippen molar-refractivity contribution in [1.82, 2.24) is 14.5 Å². The molecule has 1 aromatic heterocycles. The van der Waals surface area contributed by atoms with Gasteiger partial charge in [0.15, 0.2) is 0 Å². The molecule has 0 fully saturated rings. The number of nitrogen functional groups attached to an aromatic ring is 1. The molecule has 8 heteroatoms. The number of anilines is 1. The van der Waals surface area contributed by atoms with Gasteiger partial charge in [0.05, 0.1) is 12.3 Å². The van der Waals surface area contributed by atoms with Crippen molar-refractivity contribution in [3.8, 4) is 0 Å². The molecular weight excluding hydrogens is 232 g/mol. The molecule has 0 aliphatic heterocycles. The molecule has 0 radical (unpaired) electrons. The Morgan fingerprint density at radius 1 is 1.56 bits per heavy atom. The largest absolute Gasteiger partial charge is 0.383 e. The fourth-order valence-electron chi connectivity index (χ4n) is 1.34. The zero-order valence-electron chi connectivity index (χ0n) is 9.52. The monoisotopic (exact) mass is 248 g/mol. The molecule has 0 aromatic carbocycles. The number of aromatic nitrogens is 2. The van der Waals surface area contributed by atoms with Gasteiger partial charge in [-0.25, -0.2) is 13.1 Å². The summed E-state index contributed by atoms with van der Waals surface area (Å²) >= 11 is 0. The molecule has 0 amide bonds. The highest BCUT2D eigenvalue weighted by Gasteiger charge is 2.23. The first-order valence-electron chi connectivity index (χ1n) is 4.68. The van der Waals surface area contributed by atoms with E-state index in [1.54, 1.807) is 14.0 Å². The van der Waals surface area contributed by atoms with Crippen molar-refractivity contribution in [2.24, 2.45) is 7.05 Å². The first kappa shape index (κ1) is 12.9. The smallest absolute Gasteiger partial charge is 0.246 e. The Morgan fingerprint density at radius 3 is 2.62 bits per heavy atom. The van der Waals surface area contributed by atoms with Crippen LogP contribution in [0.25, 0.3) is 0 Å². The second-order valence-electron chi connectivity index (χ2n) is 3.31. The van der Waals surface area contributed by atoms with Crippen LogP contribution in [0.15, 0.2) is 4.90 Å². The van der Waals surface area contributed by atoms with Gasteiger partial charge in [-0.3, -0.25) is 4.68 Å². The third-order valence-electron chi connectivity index (χ3n) is 2.08. The summed E-state index contributed by atoms with van der Waals surface area (Å²) in [6.07, 6.45) is 0. The third kappa shape index (κ3) is 2.52. The zero-order valence-corrected chi connectivity index (χ0v) is 10.3. The van der Waals surface area contributed by atoms with Crippen molar-refractivity contribution in [3.05, 3.63) is 5.69 Å². The van der Waals surface area contributed by atoms with Gasteiger partial charge in [0.1, 0.15) is 10.7 Å². The molecule has 7 nitrogen and oxygen atoms in total. The number of aryl methyl sites for hydroxylation is 2. The van der Waals surface area contributed by atoms with Crippen LogP contribution in [-0.2, 0) is 21.8 Å². The number of sulfonamides is 1. The van der Waals surface area contributed by atoms with Gasteiger partial charge < -0.3 is 10.5 Å². The Kier molecular flexibility index (Phi) is 3.89. The van der Waals surface area contributed by atoms with Crippen LogP contribution in [0.3, 0.4) is 0 Å². The van der Waals surface area contributed by atoms with Crippen LogP contribution in [0.4, 0.5) is 5.82 Å². The Hall–Kier alpha value is -1.12. The topological polar surface area (TPSA) is 99.2 Å². The summed E-state index contributed by atoms with van der Waals surface area (Å²) in [5.74, 6) is 0.127. The fraction of sp³-hybridized carbons (Fsp3) is 0.625. The third-order valence-corrected chi connectivity index (χ3v) is 3.70. The van der Waals surface area contributed by atoms with Crippen molar-refractivity contribution >= 4 is 15.8 Å². The number of nitrogens with one attached hydrogen (secondary N) is 1. The number of hydrogen-bond donors (Lipinski definition) is 2. The van der Waals surface area contributed by atoms with Crippen LogP contribution in [-0.4, -0.2) is 38.5 Å². The normalized spacial score (nSPS) is 11.9. The van der Waals surface area contributed by atoms with Gasteiger partial charge in [-0.2, -0.15) is 5.10 Å². The maximum atomic E-state index is 11.9. The van der Waals surface area contributed by atoms with Crippen molar-refractivity contribution in [1.29, 1.82) is 0 Å². The molecular formula is C8H16N4O3S. The SMILES string of the molecule is COCCNS(=O)(=O)c1c(C)nn(C)c1N.